The van der Waals surface area contributed by atoms with Gasteiger partial charge in [0.1, 0.15) is 10.7 Å². The van der Waals surface area contributed by atoms with Crippen LogP contribution in [0.25, 0.3) is 11.3 Å². The Labute approximate surface area is 139 Å². The minimum Gasteiger partial charge on any atom is -0.400 e. The molecule has 122 valence electrons. The Hall–Kier alpha value is -3.07. The quantitative estimate of drug-likeness (QED) is 0.413. The lowest BCUT2D eigenvalue weighted by Gasteiger charge is -2.03. The number of thiazole rings is 1. The van der Waals surface area contributed by atoms with Crippen LogP contribution in [0.3, 0.4) is 0 Å². The van der Waals surface area contributed by atoms with E-state index in [0.717, 1.165) is 0 Å². The summed E-state index contributed by atoms with van der Waals surface area (Å²) in [5.41, 5.74) is 0.905. The average molecular weight is 346 g/mol. The second-order valence-corrected chi connectivity index (χ2v) is 5.43. The maximum Gasteiger partial charge on any atom is 0.433 e. The molecule has 9 heteroatoms. The van der Waals surface area contributed by atoms with Gasteiger partial charge in [-0.2, -0.15) is 5.10 Å². The molecule has 0 aliphatic rings. The fraction of sp³-hybridized carbons (Fsp3) is 0.0667. The summed E-state index contributed by atoms with van der Waals surface area (Å²) in [5.74, 6) is -0.543. The fourth-order valence-corrected chi connectivity index (χ4v) is 2.84. The summed E-state index contributed by atoms with van der Waals surface area (Å²) in [4.78, 5) is 14.6. The van der Waals surface area contributed by atoms with Gasteiger partial charge in [0.2, 0.25) is 4.80 Å². The molecule has 0 amide bonds. The molecule has 2 heterocycles. The molecule has 0 radical (unpaired) electrons. The van der Waals surface area contributed by atoms with Crippen LogP contribution in [0.2, 0.25) is 0 Å². The first kappa shape index (κ1) is 15.8. The van der Waals surface area contributed by atoms with E-state index in [2.05, 4.69) is 10.1 Å². The van der Waals surface area contributed by atoms with Gasteiger partial charge in [-0.15, -0.1) is 11.3 Å². The van der Waals surface area contributed by atoms with Gasteiger partial charge in [0.05, 0.1) is 18.0 Å². The number of nitrogens with zero attached hydrogens (tertiary/aromatic N) is 4. The molecule has 0 spiro atoms. The van der Waals surface area contributed by atoms with Gasteiger partial charge in [-0.25, -0.2) is 9.07 Å². The number of rotatable bonds is 4. The molecule has 0 saturated heterocycles. The Morgan fingerprint density at radius 3 is 2.79 bits per heavy atom. The van der Waals surface area contributed by atoms with E-state index in [1.165, 1.54) is 40.4 Å². The van der Waals surface area contributed by atoms with Crippen molar-refractivity contribution in [2.45, 2.75) is 0 Å². The molecule has 1 aromatic carbocycles. The van der Waals surface area contributed by atoms with Gasteiger partial charge in [0.25, 0.3) is 0 Å². The minimum atomic E-state index is -0.632. The molecule has 0 N–H and O–H groups in total. The van der Waals surface area contributed by atoms with E-state index < -0.39 is 4.92 Å². The van der Waals surface area contributed by atoms with Gasteiger partial charge in [-0.05, 0) is 18.2 Å². The summed E-state index contributed by atoms with van der Waals surface area (Å²) < 4.78 is 20.5. The molecule has 3 aromatic rings. The van der Waals surface area contributed by atoms with Crippen molar-refractivity contribution in [3.8, 4) is 11.3 Å². The van der Waals surface area contributed by atoms with Crippen LogP contribution in [-0.4, -0.2) is 22.9 Å². The molecule has 0 bridgehead atoms. The monoisotopic (exact) mass is 346 g/mol. The van der Waals surface area contributed by atoms with Crippen LogP contribution in [0.4, 0.5) is 10.3 Å². The molecule has 7 nitrogen and oxygen atoms in total. The first-order chi connectivity index (χ1) is 11.6. The van der Waals surface area contributed by atoms with Crippen LogP contribution in [0.5, 0.6) is 0 Å². The maximum absolute atomic E-state index is 14.0. The Kier molecular flexibility index (Phi) is 4.34. The number of furan rings is 1. The lowest BCUT2D eigenvalue weighted by molar-refractivity contribution is -0.402. The highest BCUT2D eigenvalue weighted by molar-refractivity contribution is 7.07. The van der Waals surface area contributed by atoms with Crippen molar-refractivity contribution in [2.24, 2.45) is 10.1 Å². The number of halogens is 1. The summed E-state index contributed by atoms with van der Waals surface area (Å²) in [5, 5.41) is 16.6. The van der Waals surface area contributed by atoms with Crippen molar-refractivity contribution in [3.05, 3.63) is 68.3 Å². The Balaban J connectivity index is 2.04. The molecule has 0 aliphatic heterocycles. The first-order valence-electron chi connectivity index (χ1n) is 6.77. The Bertz CT molecular complexity index is 987. The van der Waals surface area contributed by atoms with Crippen molar-refractivity contribution in [3.63, 3.8) is 0 Å². The van der Waals surface area contributed by atoms with E-state index in [1.54, 1.807) is 30.6 Å². The lowest BCUT2D eigenvalue weighted by atomic mass is 10.1. The van der Waals surface area contributed by atoms with Gasteiger partial charge >= 0.3 is 5.88 Å². The highest BCUT2D eigenvalue weighted by Gasteiger charge is 2.13. The fourth-order valence-electron chi connectivity index (χ4n) is 2.04. The molecule has 0 unspecified atom stereocenters. The zero-order valence-corrected chi connectivity index (χ0v) is 13.2. The standard InChI is InChI=1S/C15H11FN4O3S/c1-17-15-19(18-8-10-6-7-14(23-10)20(21)22)13(9-24-15)11-4-2-3-5-12(11)16/h2-9H,1H3/b17-15?,18-8-. The first-order valence-corrected chi connectivity index (χ1v) is 7.65. The van der Waals surface area contributed by atoms with E-state index in [0.29, 0.717) is 16.1 Å². The number of nitro groups is 1. The van der Waals surface area contributed by atoms with Crippen molar-refractivity contribution in [2.75, 3.05) is 7.05 Å². The smallest absolute Gasteiger partial charge is 0.400 e. The van der Waals surface area contributed by atoms with Gasteiger partial charge < -0.3 is 4.42 Å². The van der Waals surface area contributed by atoms with Crippen molar-refractivity contribution < 1.29 is 13.7 Å². The second kappa shape index (κ2) is 6.59. The lowest BCUT2D eigenvalue weighted by Crippen LogP contribution is -2.11. The number of hydrogen-bond donors (Lipinski definition) is 0. The van der Waals surface area contributed by atoms with E-state index in [9.17, 15) is 14.5 Å². The number of aromatic nitrogens is 1. The van der Waals surface area contributed by atoms with Gasteiger partial charge in [0.15, 0.2) is 5.76 Å². The summed E-state index contributed by atoms with van der Waals surface area (Å²) in [7, 11) is 1.60. The highest BCUT2D eigenvalue weighted by Crippen LogP contribution is 2.23. The normalized spacial score (nSPS) is 12.2. The molecule has 0 atom stereocenters. The van der Waals surface area contributed by atoms with Crippen molar-refractivity contribution in [1.29, 1.82) is 0 Å². The third-order valence-corrected chi connectivity index (χ3v) is 4.03. The second-order valence-electron chi connectivity index (χ2n) is 4.60. The molecule has 3 rings (SSSR count). The van der Waals surface area contributed by atoms with Crippen LogP contribution in [0, 0.1) is 15.9 Å². The SMILES string of the molecule is CN=c1scc(-c2ccccc2F)n1/N=C\c1ccc([N+](=O)[O-])o1. The summed E-state index contributed by atoms with van der Waals surface area (Å²) in [6, 6.07) is 9.00. The molecule has 24 heavy (non-hydrogen) atoms. The van der Waals surface area contributed by atoms with Crippen LogP contribution in [-0.2, 0) is 0 Å². The van der Waals surface area contributed by atoms with E-state index in [4.69, 9.17) is 4.42 Å². The average Bonchev–Trinajstić information content (AvgIpc) is 3.20. The van der Waals surface area contributed by atoms with Gasteiger partial charge in [-0.3, -0.25) is 15.1 Å². The molecule has 0 fully saturated rings. The Morgan fingerprint density at radius 2 is 2.12 bits per heavy atom. The number of hydrogen-bond acceptors (Lipinski definition) is 6. The molecular formula is C15H11FN4O3S. The summed E-state index contributed by atoms with van der Waals surface area (Å²) >= 11 is 1.30. The van der Waals surface area contributed by atoms with Crippen LogP contribution >= 0.6 is 11.3 Å². The van der Waals surface area contributed by atoms with Crippen molar-refractivity contribution in [1.82, 2.24) is 4.68 Å². The van der Waals surface area contributed by atoms with Gasteiger partial charge in [0, 0.05) is 18.0 Å². The third kappa shape index (κ3) is 3.01. The minimum absolute atomic E-state index is 0.210. The largest absolute Gasteiger partial charge is 0.433 e. The highest BCUT2D eigenvalue weighted by atomic mass is 32.1. The van der Waals surface area contributed by atoms with E-state index >= 15 is 0 Å². The topological polar surface area (TPSA) is 85.9 Å². The predicted octanol–water partition coefficient (Wildman–Crippen LogP) is 3.27. The molecule has 2 aromatic heterocycles. The van der Waals surface area contributed by atoms with E-state index in [-0.39, 0.29) is 17.5 Å². The summed E-state index contributed by atoms with van der Waals surface area (Å²) in [6.07, 6.45) is 1.32. The van der Waals surface area contributed by atoms with Crippen LogP contribution < -0.4 is 4.80 Å². The molecule has 0 aliphatic carbocycles. The zero-order valence-electron chi connectivity index (χ0n) is 12.4. The number of benzene rings is 1. The molecule has 0 saturated carbocycles. The predicted molar refractivity (Wildman–Crippen MR) is 87.5 cm³/mol. The van der Waals surface area contributed by atoms with Crippen LogP contribution in [0.1, 0.15) is 5.76 Å². The third-order valence-electron chi connectivity index (χ3n) is 3.12. The zero-order chi connectivity index (χ0) is 17.1. The summed E-state index contributed by atoms with van der Waals surface area (Å²) in [6.45, 7) is 0. The maximum atomic E-state index is 14.0. The van der Waals surface area contributed by atoms with Crippen LogP contribution in [0.15, 0.2) is 56.3 Å². The van der Waals surface area contributed by atoms with Gasteiger partial charge in [-0.1, -0.05) is 12.1 Å². The van der Waals surface area contributed by atoms with Crippen molar-refractivity contribution >= 4 is 23.4 Å². The molecular weight excluding hydrogens is 335 g/mol. The Morgan fingerprint density at radius 1 is 1.33 bits per heavy atom. The van der Waals surface area contributed by atoms with E-state index in [1.807, 2.05) is 0 Å².